The van der Waals surface area contributed by atoms with Crippen LogP contribution in [0.1, 0.15) is 33.1 Å². The maximum Gasteiger partial charge on any atom is 0.101 e. The maximum absolute atomic E-state index is 13.6. The summed E-state index contributed by atoms with van der Waals surface area (Å²) in [7, 11) is 0. The molecule has 1 saturated heterocycles. The molecule has 17 heavy (non-hydrogen) atoms. The van der Waals surface area contributed by atoms with Crippen LogP contribution in [0.3, 0.4) is 0 Å². The number of hydrogen-bond donors (Lipinski definition) is 2. The topological polar surface area (TPSA) is 32.3 Å². The van der Waals surface area contributed by atoms with E-state index < -0.39 is 11.0 Å². The third kappa shape index (κ3) is 2.31. The lowest BCUT2D eigenvalue weighted by Crippen LogP contribution is -2.51. The molecule has 0 amide bonds. The summed E-state index contributed by atoms with van der Waals surface area (Å²) in [5.74, 6) is 0.229. The Morgan fingerprint density at radius 1 is 1.41 bits per heavy atom. The van der Waals surface area contributed by atoms with E-state index >= 15 is 0 Å². The molecule has 1 heterocycles. The molecular weight excluding hydrogens is 217 g/mol. The summed E-state index contributed by atoms with van der Waals surface area (Å²) in [5.41, 5.74) is -1.34. The van der Waals surface area contributed by atoms with Crippen LogP contribution < -0.4 is 5.32 Å². The molecule has 1 aliphatic heterocycles. The van der Waals surface area contributed by atoms with E-state index in [1.165, 1.54) is 6.08 Å². The van der Waals surface area contributed by atoms with Crippen LogP contribution in [0, 0.1) is 11.3 Å². The number of allylic oxidation sites excluding steroid dienone is 3. The molecule has 0 radical (unpaired) electrons. The van der Waals surface area contributed by atoms with E-state index in [9.17, 15) is 9.50 Å². The van der Waals surface area contributed by atoms with Crippen LogP contribution in [-0.4, -0.2) is 23.8 Å². The predicted octanol–water partition coefficient (Wildman–Crippen LogP) is 2.56. The molecule has 96 valence electrons. The molecular formula is C14H22FNO. The summed E-state index contributed by atoms with van der Waals surface area (Å²) in [4.78, 5) is 0. The van der Waals surface area contributed by atoms with Gasteiger partial charge in [0.15, 0.2) is 0 Å². The Kier molecular flexibility index (Phi) is 3.41. The molecule has 0 aromatic heterocycles. The Morgan fingerprint density at radius 3 is 2.59 bits per heavy atom. The van der Waals surface area contributed by atoms with Crippen molar-refractivity contribution in [1.29, 1.82) is 0 Å². The molecule has 3 heteroatoms. The summed E-state index contributed by atoms with van der Waals surface area (Å²) in [6.45, 7) is 5.53. The maximum atomic E-state index is 13.6. The smallest absolute Gasteiger partial charge is 0.101 e. The summed E-state index contributed by atoms with van der Waals surface area (Å²) in [6, 6.07) is 0. The van der Waals surface area contributed by atoms with Crippen molar-refractivity contribution in [2.24, 2.45) is 11.3 Å². The fraction of sp³-hybridized carbons (Fsp3) is 0.714. The number of rotatable bonds is 2. The second-order valence-corrected chi connectivity index (χ2v) is 5.77. The van der Waals surface area contributed by atoms with Crippen LogP contribution in [0.15, 0.2) is 24.1 Å². The number of nitrogens with one attached hydrogen (secondary N) is 1. The van der Waals surface area contributed by atoms with Crippen molar-refractivity contribution < 1.29 is 9.50 Å². The van der Waals surface area contributed by atoms with Gasteiger partial charge in [-0.25, -0.2) is 4.39 Å². The SMILES string of the molecule is CC(C)(O)C1(C2CCNCC2)C=CC=C(F)C1. The van der Waals surface area contributed by atoms with Gasteiger partial charge >= 0.3 is 0 Å². The summed E-state index contributed by atoms with van der Waals surface area (Å²) in [6.07, 6.45) is 7.62. The van der Waals surface area contributed by atoms with Gasteiger partial charge in [-0.05, 0) is 51.8 Å². The van der Waals surface area contributed by atoms with E-state index in [0.29, 0.717) is 12.3 Å². The fourth-order valence-electron chi connectivity index (χ4n) is 3.26. The second kappa shape index (κ2) is 4.54. The Morgan fingerprint density at radius 2 is 2.06 bits per heavy atom. The zero-order chi connectivity index (χ0) is 12.5. The predicted molar refractivity (Wildman–Crippen MR) is 67.3 cm³/mol. The number of piperidine rings is 1. The molecule has 0 aromatic carbocycles. The van der Waals surface area contributed by atoms with E-state index in [-0.39, 0.29) is 5.83 Å². The first-order valence-corrected chi connectivity index (χ1v) is 6.43. The van der Waals surface area contributed by atoms with Gasteiger partial charge < -0.3 is 10.4 Å². The first-order valence-electron chi connectivity index (χ1n) is 6.43. The monoisotopic (exact) mass is 239 g/mol. The lowest BCUT2D eigenvalue weighted by atomic mass is 9.59. The van der Waals surface area contributed by atoms with Crippen LogP contribution in [0.25, 0.3) is 0 Å². The van der Waals surface area contributed by atoms with Crippen LogP contribution in [0.5, 0.6) is 0 Å². The van der Waals surface area contributed by atoms with Gasteiger partial charge in [0.1, 0.15) is 5.83 Å². The van der Waals surface area contributed by atoms with Crippen LogP contribution >= 0.6 is 0 Å². The second-order valence-electron chi connectivity index (χ2n) is 5.77. The molecule has 0 spiro atoms. The average molecular weight is 239 g/mol. The van der Waals surface area contributed by atoms with Gasteiger partial charge in [-0.3, -0.25) is 0 Å². The molecule has 2 N–H and O–H groups in total. The van der Waals surface area contributed by atoms with Crippen molar-refractivity contribution >= 4 is 0 Å². The third-order valence-corrected chi connectivity index (χ3v) is 4.34. The Hall–Kier alpha value is -0.670. The van der Waals surface area contributed by atoms with Crippen LogP contribution in [-0.2, 0) is 0 Å². The Labute approximate surface area is 103 Å². The van der Waals surface area contributed by atoms with Crippen molar-refractivity contribution in [3.05, 3.63) is 24.1 Å². The van der Waals surface area contributed by atoms with Gasteiger partial charge in [0.25, 0.3) is 0 Å². The van der Waals surface area contributed by atoms with Gasteiger partial charge in [-0.15, -0.1) is 0 Å². The van der Waals surface area contributed by atoms with Crippen molar-refractivity contribution in [3.8, 4) is 0 Å². The molecule has 1 unspecified atom stereocenters. The minimum Gasteiger partial charge on any atom is -0.390 e. The van der Waals surface area contributed by atoms with Gasteiger partial charge in [0.05, 0.1) is 5.60 Å². The first-order chi connectivity index (χ1) is 7.96. The van der Waals surface area contributed by atoms with Crippen molar-refractivity contribution in [1.82, 2.24) is 5.32 Å². The molecule has 2 rings (SSSR count). The summed E-state index contributed by atoms with van der Waals surface area (Å²) >= 11 is 0. The number of halogens is 1. The van der Waals surface area contributed by atoms with Gasteiger partial charge in [-0.1, -0.05) is 12.2 Å². The van der Waals surface area contributed by atoms with E-state index in [4.69, 9.17) is 0 Å². The Bertz CT molecular complexity index is 337. The van der Waals surface area contributed by atoms with E-state index in [1.807, 2.05) is 6.08 Å². The average Bonchev–Trinajstić information content (AvgIpc) is 2.28. The lowest BCUT2D eigenvalue weighted by Gasteiger charge is -2.49. The molecule has 1 fully saturated rings. The molecule has 0 aromatic rings. The first kappa shape index (κ1) is 12.8. The molecule has 0 saturated carbocycles. The zero-order valence-electron chi connectivity index (χ0n) is 10.7. The lowest BCUT2D eigenvalue weighted by molar-refractivity contribution is -0.0704. The molecule has 1 atom stereocenters. The molecule has 2 aliphatic rings. The van der Waals surface area contributed by atoms with Crippen LogP contribution in [0.2, 0.25) is 0 Å². The zero-order valence-corrected chi connectivity index (χ0v) is 10.7. The highest BCUT2D eigenvalue weighted by molar-refractivity contribution is 5.25. The van der Waals surface area contributed by atoms with E-state index in [0.717, 1.165) is 25.9 Å². The van der Waals surface area contributed by atoms with Gasteiger partial charge in [0.2, 0.25) is 0 Å². The molecule has 0 bridgehead atoms. The largest absolute Gasteiger partial charge is 0.390 e. The molecule has 2 nitrogen and oxygen atoms in total. The number of aliphatic hydroxyl groups is 1. The minimum absolute atomic E-state index is 0.117. The number of hydrogen-bond acceptors (Lipinski definition) is 2. The fourth-order valence-corrected chi connectivity index (χ4v) is 3.26. The minimum atomic E-state index is -0.892. The molecule has 1 aliphatic carbocycles. The normalized spacial score (nSPS) is 31.4. The Balaban J connectivity index is 2.31. The highest BCUT2D eigenvalue weighted by Gasteiger charge is 2.49. The van der Waals surface area contributed by atoms with E-state index in [2.05, 4.69) is 5.32 Å². The highest BCUT2D eigenvalue weighted by atomic mass is 19.1. The van der Waals surface area contributed by atoms with Gasteiger partial charge in [-0.2, -0.15) is 0 Å². The van der Waals surface area contributed by atoms with Gasteiger partial charge in [0, 0.05) is 11.8 Å². The third-order valence-electron chi connectivity index (χ3n) is 4.34. The van der Waals surface area contributed by atoms with Crippen molar-refractivity contribution in [2.75, 3.05) is 13.1 Å². The van der Waals surface area contributed by atoms with E-state index in [1.54, 1.807) is 19.9 Å². The quantitative estimate of drug-likeness (QED) is 0.776. The van der Waals surface area contributed by atoms with Crippen molar-refractivity contribution in [2.45, 2.75) is 38.7 Å². The van der Waals surface area contributed by atoms with Crippen LogP contribution in [0.4, 0.5) is 4.39 Å². The highest BCUT2D eigenvalue weighted by Crippen LogP contribution is 2.50. The standard InChI is InChI=1S/C14H22FNO/c1-13(2,17)14(7-3-4-12(15)10-14)11-5-8-16-9-6-11/h3-4,7,11,16-17H,5-6,8-10H2,1-2H3. The summed E-state index contributed by atoms with van der Waals surface area (Å²) < 4.78 is 13.6. The van der Waals surface area contributed by atoms with Crippen molar-refractivity contribution in [3.63, 3.8) is 0 Å². The summed E-state index contributed by atoms with van der Waals surface area (Å²) in [5, 5.41) is 13.8.